The Labute approximate surface area is 101 Å². The number of nitrogens with zero attached hydrogens (tertiary/aromatic N) is 1. The van der Waals surface area contributed by atoms with Crippen molar-refractivity contribution in [3.8, 4) is 0 Å². The predicted molar refractivity (Wildman–Crippen MR) is 68.3 cm³/mol. The van der Waals surface area contributed by atoms with Crippen LogP contribution in [0.15, 0.2) is 11.8 Å². The maximum absolute atomic E-state index is 11.9. The predicted octanol–water partition coefficient (Wildman–Crippen LogP) is 1.92. The summed E-state index contributed by atoms with van der Waals surface area (Å²) in [4.78, 5) is 13.7. The maximum atomic E-state index is 11.9. The van der Waals surface area contributed by atoms with Crippen LogP contribution < -0.4 is 5.73 Å². The van der Waals surface area contributed by atoms with Gasteiger partial charge < -0.3 is 10.6 Å². The number of nitrogens with two attached hydrogens (primary N) is 1. The quantitative estimate of drug-likeness (QED) is 0.583. The van der Waals surface area contributed by atoms with Gasteiger partial charge in [0.25, 0.3) is 0 Å². The first-order chi connectivity index (χ1) is 7.65. The van der Waals surface area contributed by atoms with E-state index in [4.69, 9.17) is 11.1 Å². The molecule has 90 valence electrons. The normalized spacial score (nSPS) is 15.4. The fourth-order valence-corrected chi connectivity index (χ4v) is 2.26. The maximum Gasteiger partial charge on any atom is 0.237 e. The summed E-state index contributed by atoms with van der Waals surface area (Å²) in [6.07, 6.45) is 6.60. The number of rotatable bonds is 4. The van der Waals surface area contributed by atoms with Crippen molar-refractivity contribution in [2.24, 2.45) is 5.73 Å². The van der Waals surface area contributed by atoms with Crippen LogP contribution in [0.5, 0.6) is 0 Å². The van der Waals surface area contributed by atoms with Gasteiger partial charge in [0.2, 0.25) is 5.91 Å². The molecular weight excluding hydrogens is 222 g/mol. The first-order valence-electron chi connectivity index (χ1n) is 5.61. The van der Waals surface area contributed by atoms with Gasteiger partial charge in [-0.2, -0.15) is 0 Å². The highest BCUT2D eigenvalue weighted by atomic mass is 32.2. The number of amidine groups is 1. The first-order valence-corrected chi connectivity index (χ1v) is 6.60. The number of allylic oxidation sites excluding steroid dienone is 2. The standard InChI is InChI=1S/C11H19N3OS/c1-2-14(9-6-4-3-5-7-9)10(15)8-16-11(12)13/h6H,2-5,7-8H2,1H3,(H3,12,13). The number of thioether (sulfide) groups is 1. The average molecular weight is 241 g/mol. The summed E-state index contributed by atoms with van der Waals surface area (Å²) in [5.74, 6) is 0.316. The molecular formula is C11H19N3OS. The van der Waals surface area contributed by atoms with Crippen molar-refractivity contribution >= 4 is 22.8 Å². The Bertz CT molecular complexity index is 302. The minimum absolute atomic E-state index is 0.00188. The van der Waals surface area contributed by atoms with E-state index in [9.17, 15) is 4.79 Å². The van der Waals surface area contributed by atoms with Gasteiger partial charge in [-0.25, -0.2) is 0 Å². The monoisotopic (exact) mass is 241 g/mol. The van der Waals surface area contributed by atoms with Crippen LogP contribution in [0.1, 0.15) is 32.6 Å². The average Bonchev–Trinajstić information content (AvgIpc) is 2.29. The second kappa shape index (κ2) is 6.58. The Morgan fingerprint density at radius 3 is 2.88 bits per heavy atom. The lowest BCUT2D eigenvalue weighted by Gasteiger charge is -2.26. The zero-order valence-electron chi connectivity index (χ0n) is 9.66. The van der Waals surface area contributed by atoms with Crippen molar-refractivity contribution in [1.29, 1.82) is 5.41 Å². The second-order valence-electron chi connectivity index (χ2n) is 3.73. The summed E-state index contributed by atoms with van der Waals surface area (Å²) in [5.41, 5.74) is 6.36. The highest BCUT2D eigenvalue weighted by molar-refractivity contribution is 8.14. The highest BCUT2D eigenvalue weighted by Gasteiger charge is 2.17. The molecule has 0 aromatic heterocycles. The number of hydrogen-bond acceptors (Lipinski definition) is 3. The minimum Gasteiger partial charge on any atom is -0.379 e. The summed E-state index contributed by atoms with van der Waals surface area (Å²) in [5, 5.41) is 7.09. The largest absolute Gasteiger partial charge is 0.379 e. The minimum atomic E-state index is 0.00188. The lowest BCUT2D eigenvalue weighted by atomic mass is 10.0. The SMILES string of the molecule is CCN(C(=O)CSC(=N)N)C1=CCCCC1. The molecule has 0 aromatic carbocycles. The van der Waals surface area contributed by atoms with Crippen LogP contribution in [-0.4, -0.2) is 28.3 Å². The second-order valence-corrected chi connectivity index (χ2v) is 4.75. The smallest absolute Gasteiger partial charge is 0.237 e. The van der Waals surface area contributed by atoms with Crippen LogP contribution in [0.3, 0.4) is 0 Å². The molecule has 0 saturated heterocycles. The molecule has 1 amide bonds. The Balaban J connectivity index is 2.55. The van der Waals surface area contributed by atoms with Crippen molar-refractivity contribution in [3.63, 3.8) is 0 Å². The molecule has 4 nitrogen and oxygen atoms in total. The molecule has 0 aliphatic heterocycles. The van der Waals surface area contributed by atoms with Crippen LogP contribution in [-0.2, 0) is 4.79 Å². The number of nitrogens with one attached hydrogen (secondary N) is 1. The highest BCUT2D eigenvalue weighted by Crippen LogP contribution is 2.21. The van der Waals surface area contributed by atoms with Crippen molar-refractivity contribution < 1.29 is 4.79 Å². The van der Waals surface area contributed by atoms with E-state index >= 15 is 0 Å². The molecule has 0 spiro atoms. The fraction of sp³-hybridized carbons (Fsp3) is 0.636. The summed E-state index contributed by atoms with van der Waals surface area (Å²) in [7, 11) is 0. The molecule has 0 atom stereocenters. The van der Waals surface area contributed by atoms with E-state index in [1.54, 1.807) is 0 Å². The third-order valence-electron chi connectivity index (χ3n) is 2.58. The zero-order valence-corrected chi connectivity index (χ0v) is 10.5. The third-order valence-corrected chi connectivity index (χ3v) is 3.28. The number of hydrogen-bond donors (Lipinski definition) is 2. The Morgan fingerprint density at radius 1 is 1.62 bits per heavy atom. The van der Waals surface area contributed by atoms with Crippen LogP contribution in [0.4, 0.5) is 0 Å². The first kappa shape index (κ1) is 13.1. The third kappa shape index (κ3) is 3.89. The van der Waals surface area contributed by atoms with Crippen molar-refractivity contribution in [2.75, 3.05) is 12.3 Å². The summed E-state index contributed by atoms with van der Waals surface area (Å²) in [6, 6.07) is 0. The Hall–Kier alpha value is -0.970. The van der Waals surface area contributed by atoms with Gasteiger partial charge in [-0.15, -0.1) is 0 Å². The molecule has 0 radical (unpaired) electrons. The molecule has 3 N–H and O–H groups in total. The molecule has 5 heteroatoms. The molecule has 0 saturated carbocycles. The van der Waals surface area contributed by atoms with E-state index in [-0.39, 0.29) is 16.8 Å². The van der Waals surface area contributed by atoms with Gasteiger partial charge in [0.05, 0.1) is 5.75 Å². The van der Waals surface area contributed by atoms with Crippen LogP contribution >= 0.6 is 11.8 Å². The lowest BCUT2D eigenvalue weighted by molar-refractivity contribution is -0.126. The van der Waals surface area contributed by atoms with Crippen LogP contribution in [0.25, 0.3) is 0 Å². The number of amides is 1. The molecule has 1 aliphatic rings. The zero-order chi connectivity index (χ0) is 12.0. The van der Waals surface area contributed by atoms with Gasteiger partial charge in [0.1, 0.15) is 0 Å². The van der Waals surface area contributed by atoms with Gasteiger partial charge in [-0.3, -0.25) is 10.2 Å². The van der Waals surface area contributed by atoms with E-state index < -0.39 is 0 Å². The van der Waals surface area contributed by atoms with Gasteiger partial charge in [0.15, 0.2) is 5.17 Å². The van der Waals surface area contributed by atoms with Crippen molar-refractivity contribution in [3.05, 3.63) is 11.8 Å². The van der Waals surface area contributed by atoms with Gasteiger partial charge >= 0.3 is 0 Å². The topological polar surface area (TPSA) is 70.2 Å². The lowest BCUT2D eigenvalue weighted by Crippen LogP contribution is -2.32. The Kier molecular flexibility index (Phi) is 5.38. The van der Waals surface area contributed by atoms with Crippen LogP contribution in [0.2, 0.25) is 0 Å². The molecule has 16 heavy (non-hydrogen) atoms. The summed E-state index contributed by atoms with van der Waals surface area (Å²) in [6.45, 7) is 2.68. The molecule has 1 rings (SSSR count). The fourth-order valence-electron chi connectivity index (χ4n) is 1.82. The molecule has 0 unspecified atom stereocenters. The van der Waals surface area contributed by atoms with E-state index in [1.807, 2.05) is 11.8 Å². The van der Waals surface area contributed by atoms with Crippen molar-refractivity contribution in [1.82, 2.24) is 4.90 Å². The Morgan fingerprint density at radius 2 is 2.38 bits per heavy atom. The molecule has 0 heterocycles. The number of carbonyl (C=O) groups is 1. The van der Waals surface area contributed by atoms with Gasteiger partial charge in [0, 0.05) is 12.2 Å². The van der Waals surface area contributed by atoms with Crippen molar-refractivity contribution in [2.45, 2.75) is 32.6 Å². The van der Waals surface area contributed by atoms with Gasteiger partial charge in [-0.1, -0.05) is 17.8 Å². The molecule has 0 bridgehead atoms. The van der Waals surface area contributed by atoms with Gasteiger partial charge in [-0.05, 0) is 32.6 Å². The van der Waals surface area contributed by atoms with E-state index in [2.05, 4.69) is 6.08 Å². The molecule has 0 aromatic rings. The molecule has 1 aliphatic carbocycles. The molecule has 0 fully saturated rings. The number of carbonyl (C=O) groups excluding carboxylic acids is 1. The van der Waals surface area contributed by atoms with E-state index in [1.165, 1.54) is 6.42 Å². The van der Waals surface area contributed by atoms with E-state index in [0.717, 1.165) is 36.7 Å². The van der Waals surface area contributed by atoms with E-state index in [0.29, 0.717) is 6.54 Å². The summed E-state index contributed by atoms with van der Waals surface area (Å²) < 4.78 is 0. The van der Waals surface area contributed by atoms with Crippen LogP contribution in [0, 0.1) is 5.41 Å². The summed E-state index contributed by atoms with van der Waals surface area (Å²) >= 11 is 1.09.